The van der Waals surface area contributed by atoms with Crippen LogP contribution < -0.4 is 4.74 Å². The number of amides is 1. The molecule has 1 amide bonds. The number of nitrogens with zero attached hydrogens (tertiary/aromatic N) is 1. The number of carbonyl (C=O) groups excluding carboxylic acids is 2. The summed E-state index contributed by atoms with van der Waals surface area (Å²) in [6.45, 7) is 5.02. The Morgan fingerprint density at radius 1 is 1.12 bits per heavy atom. The van der Waals surface area contributed by atoms with E-state index in [1.54, 1.807) is 32.4 Å². The van der Waals surface area contributed by atoms with Crippen LogP contribution in [0.25, 0.3) is 5.76 Å². The van der Waals surface area contributed by atoms with Gasteiger partial charge in [0.1, 0.15) is 11.5 Å². The van der Waals surface area contributed by atoms with Crippen LogP contribution in [0.1, 0.15) is 48.9 Å². The highest BCUT2D eigenvalue weighted by Crippen LogP contribution is 2.40. The number of rotatable bonds is 8. The summed E-state index contributed by atoms with van der Waals surface area (Å²) in [6.07, 6.45) is 0.582. The Bertz CT molecular complexity index is 1030. The molecule has 0 spiro atoms. The molecule has 1 aliphatic rings. The molecule has 3 rings (SSSR count). The number of hydrogen-bond acceptors (Lipinski definition) is 5. The maximum Gasteiger partial charge on any atom is 0.295 e. The summed E-state index contributed by atoms with van der Waals surface area (Å²) in [6, 6.07) is 12.2. The van der Waals surface area contributed by atoms with E-state index in [-0.39, 0.29) is 11.3 Å². The van der Waals surface area contributed by atoms with Gasteiger partial charge >= 0.3 is 0 Å². The van der Waals surface area contributed by atoms with Crippen molar-refractivity contribution < 1.29 is 24.2 Å². The van der Waals surface area contributed by atoms with E-state index in [9.17, 15) is 14.7 Å². The fourth-order valence-corrected chi connectivity index (χ4v) is 4.41. The summed E-state index contributed by atoms with van der Waals surface area (Å²) >= 11 is 3.41. The van der Waals surface area contributed by atoms with E-state index >= 15 is 0 Å². The largest absolute Gasteiger partial charge is 0.507 e. The van der Waals surface area contributed by atoms with Crippen LogP contribution in [0.3, 0.4) is 0 Å². The molecule has 1 N–H and O–H groups in total. The Kier molecular flexibility index (Phi) is 7.74. The number of aliphatic hydroxyl groups is 1. The predicted octanol–water partition coefficient (Wildman–Crippen LogP) is 5.04. The normalized spacial score (nSPS) is 17.9. The Labute approximate surface area is 197 Å². The Morgan fingerprint density at radius 2 is 1.81 bits per heavy atom. The zero-order valence-electron chi connectivity index (χ0n) is 18.7. The summed E-state index contributed by atoms with van der Waals surface area (Å²) in [5.41, 5.74) is 2.45. The molecule has 1 unspecified atom stereocenters. The van der Waals surface area contributed by atoms with Gasteiger partial charge in [-0.25, -0.2) is 0 Å². The lowest BCUT2D eigenvalue weighted by Gasteiger charge is -2.25. The zero-order valence-corrected chi connectivity index (χ0v) is 20.3. The fraction of sp³-hybridized carbons (Fsp3) is 0.360. The Balaban J connectivity index is 2.12. The molecule has 0 aliphatic carbocycles. The van der Waals surface area contributed by atoms with Crippen molar-refractivity contribution in [3.8, 4) is 5.75 Å². The van der Waals surface area contributed by atoms with Crippen molar-refractivity contribution in [3.05, 3.63) is 69.2 Å². The molecular formula is C25H28BrNO5. The van der Waals surface area contributed by atoms with E-state index in [4.69, 9.17) is 9.47 Å². The van der Waals surface area contributed by atoms with Gasteiger partial charge in [-0.05, 0) is 57.6 Å². The van der Waals surface area contributed by atoms with Gasteiger partial charge in [-0.15, -0.1) is 0 Å². The van der Waals surface area contributed by atoms with E-state index in [0.717, 1.165) is 11.1 Å². The van der Waals surface area contributed by atoms with E-state index in [1.165, 1.54) is 4.90 Å². The molecule has 1 atom stereocenters. The van der Waals surface area contributed by atoms with Crippen molar-refractivity contribution in [2.75, 3.05) is 27.4 Å². The van der Waals surface area contributed by atoms with Gasteiger partial charge in [0.05, 0.1) is 23.2 Å². The van der Waals surface area contributed by atoms with Gasteiger partial charge in [-0.1, -0.05) is 38.1 Å². The first-order valence-electron chi connectivity index (χ1n) is 10.5. The maximum atomic E-state index is 13.1. The number of methoxy groups -OCH3 is 2. The molecule has 2 aromatic rings. The van der Waals surface area contributed by atoms with Crippen molar-refractivity contribution in [1.29, 1.82) is 0 Å². The molecule has 7 heteroatoms. The average molecular weight is 502 g/mol. The number of ether oxygens (including phenoxy) is 2. The molecule has 1 heterocycles. The SMILES string of the molecule is COCCCN1C(=O)C(=O)/C(=C(\O)c2ccc(OC)c(Br)c2)C1c1ccc(C(C)C)cc1. The summed E-state index contributed by atoms with van der Waals surface area (Å²) in [5.74, 6) is -0.562. The molecule has 0 saturated carbocycles. The first kappa shape index (κ1) is 24.0. The first-order chi connectivity index (χ1) is 15.3. The van der Waals surface area contributed by atoms with Crippen LogP contribution in [-0.2, 0) is 14.3 Å². The number of likely N-dealkylation sites (tertiary alicyclic amines) is 1. The van der Waals surface area contributed by atoms with Gasteiger partial charge in [0.2, 0.25) is 0 Å². The minimum absolute atomic E-state index is 0.0850. The highest BCUT2D eigenvalue weighted by atomic mass is 79.9. The van der Waals surface area contributed by atoms with Crippen molar-refractivity contribution >= 4 is 33.4 Å². The Hall–Kier alpha value is -2.64. The third-order valence-electron chi connectivity index (χ3n) is 5.63. The molecule has 1 fully saturated rings. The Morgan fingerprint density at radius 3 is 2.38 bits per heavy atom. The maximum absolute atomic E-state index is 13.1. The van der Waals surface area contributed by atoms with Crippen molar-refractivity contribution in [3.63, 3.8) is 0 Å². The minimum atomic E-state index is -0.690. The number of carbonyl (C=O) groups is 2. The number of hydrogen-bond donors (Lipinski definition) is 1. The zero-order chi connectivity index (χ0) is 23.4. The monoisotopic (exact) mass is 501 g/mol. The lowest BCUT2D eigenvalue weighted by atomic mass is 9.93. The smallest absolute Gasteiger partial charge is 0.295 e. The van der Waals surface area contributed by atoms with E-state index in [0.29, 0.717) is 41.3 Å². The summed E-state index contributed by atoms with van der Waals surface area (Å²) in [4.78, 5) is 27.5. The number of ketones is 1. The second-order valence-electron chi connectivity index (χ2n) is 8.01. The molecule has 0 radical (unpaired) electrons. The number of halogens is 1. The quantitative estimate of drug-likeness (QED) is 0.237. The minimum Gasteiger partial charge on any atom is -0.507 e. The van der Waals surface area contributed by atoms with E-state index < -0.39 is 17.7 Å². The van der Waals surface area contributed by atoms with Crippen LogP contribution in [0.15, 0.2) is 52.5 Å². The third-order valence-corrected chi connectivity index (χ3v) is 6.25. The van der Waals surface area contributed by atoms with Crippen LogP contribution in [0.4, 0.5) is 0 Å². The third kappa shape index (κ3) is 4.74. The average Bonchev–Trinajstić information content (AvgIpc) is 3.03. The summed E-state index contributed by atoms with van der Waals surface area (Å²) < 4.78 is 11.0. The number of benzene rings is 2. The van der Waals surface area contributed by atoms with Crippen LogP contribution in [0.2, 0.25) is 0 Å². The summed E-state index contributed by atoms with van der Waals surface area (Å²) in [5, 5.41) is 11.2. The highest BCUT2D eigenvalue weighted by molar-refractivity contribution is 9.10. The molecule has 32 heavy (non-hydrogen) atoms. The number of aliphatic hydroxyl groups excluding tert-OH is 1. The van der Waals surface area contributed by atoms with E-state index in [1.807, 2.05) is 24.3 Å². The van der Waals surface area contributed by atoms with Gasteiger partial charge in [0.25, 0.3) is 11.7 Å². The van der Waals surface area contributed by atoms with Crippen molar-refractivity contribution in [2.45, 2.75) is 32.2 Å². The molecule has 0 bridgehead atoms. The lowest BCUT2D eigenvalue weighted by molar-refractivity contribution is -0.140. The second kappa shape index (κ2) is 10.3. The van der Waals surface area contributed by atoms with Crippen molar-refractivity contribution in [1.82, 2.24) is 4.90 Å². The van der Waals surface area contributed by atoms with Gasteiger partial charge in [0.15, 0.2) is 0 Å². The predicted molar refractivity (Wildman–Crippen MR) is 127 cm³/mol. The van der Waals surface area contributed by atoms with Crippen molar-refractivity contribution in [2.24, 2.45) is 0 Å². The van der Waals surface area contributed by atoms with Gasteiger partial charge in [0, 0.05) is 25.8 Å². The number of Topliss-reactive ketones (excluding diaryl/α,β-unsaturated/α-hetero) is 1. The van der Waals surface area contributed by atoms with Gasteiger partial charge in [-0.3, -0.25) is 9.59 Å². The standard InChI is InChI=1S/C25H28BrNO5/c1-15(2)16-6-8-17(9-7-16)22-21(24(29)25(30)27(22)12-5-13-31-3)23(28)18-10-11-20(32-4)19(26)14-18/h6-11,14-15,22,28H,5,12-13H2,1-4H3/b23-21-. The first-order valence-corrected chi connectivity index (χ1v) is 11.3. The molecule has 6 nitrogen and oxygen atoms in total. The topological polar surface area (TPSA) is 76.1 Å². The van der Waals surface area contributed by atoms with Gasteiger partial charge < -0.3 is 19.5 Å². The fourth-order valence-electron chi connectivity index (χ4n) is 3.87. The van der Waals surface area contributed by atoms with Crippen LogP contribution >= 0.6 is 15.9 Å². The highest BCUT2D eigenvalue weighted by Gasteiger charge is 2.45. The molecule has 1 saturated heterocycles. The van der Waals surface area contributed by atoms with Crippen LogP contribution in [0.5, 0.6) is 5.75 Å². The summed E-state index contributed by atoms with van der Waals surface area (Å²) in [7, 11) is 3.14. The lowest BCUT2D eigenvalue weighted by Crippen LogP contribution is -2.31. The molecule has 0 aromatic heterocycles. The van der Waals surface area contributed by atoms with E-state index in [2.05, 4.69) is 29.8 Å². The van der Waals surface area contributed by atoms with Gasteiger partial charge in [-0.2, -0.15) is 0 Å². The molecule has 1 aliphatic heterocycles. The van der Waals surface area contributed by atoms with Crippen LogP contribution in [-0.4, -0.2) is 49.1 Å². The molecular weight excluding hydrogens is 474 g/mol. The van der Waals surface area contributed by atoms with Crippen LogP contribution in [0, 0.1) is 0 Å². The molecule has 170 valence electrons. The second-order valence-corrected chi connectivity index (χ2v) is 8.86. The molecule has 2 aromatic carbocycles.